The minimum Gasteiger partial charge on any atom is -0.487 e. The lowest BCUT2D eigenvalue weighted by molar-refractivity contribution is 0.288. The second-order valence-electron chi connectivity index (χ2n) is 4.09. The van der Waals surface area contributed by atoms with Crippen molar-refractivity contribution in [2.45, 2.75) is 20.1 Å². The van der Waals surface area contributed by atoms with Crippen molar-refractivity contribution in [2.24, 2.45) is 5.73 Å². The second kappa shape index (κ2) is 5.75. The zero-order valence-corrected chi connectivity index (χ0v) is 10.5. The molecule has 100 valence electrons. The van der Waals surface area contributed by atoms with Gasteiger partial charge in [-0.15, -0.1) is 0 Å². The van der Waals surface area contributed by atoms with Crippen LogP contribution in [-0.2, 0) is 13.2 Å². The van der Waals surface area contributed by atoms with Crippen molar-refractivity contribution in [1.82, 2.24) is 4.98 Å². The summed E-state index contributed by atoms with van der Waals surface area (Å²) in [4.78, 5) is 4.21. The average Bonchev–Trinajstić information content (AvgIpc) is 2.39. The van der Waals surface area contributed by atoms with Crippen LogP contribution in [0, 0.1) is 18.6 Å². The fourth-order valence-electron chi connectivity index (χ4n) is 1.70. The van der Waals surface area contributed by atoms with E-state index in [1.54, 1.807) is 12.1 Å². The van der Waals surface area contributed by atoms with Crippen LogP contribution in [0.2, 0.25) is 0 Å². The Kier molecular flexibility index (Phi) is 4.06. The van der Waals surface area contributed by atoms with E-state index in [2.05, 4.69) is 4.98 Å². The number of ether oxygens (including phenoxy) is 1. The van der Waals surface area contributed by atoms with Gasteiger partial charge in [0, 0.05) is 12.2 Å². The number of rotatable bonds is 4. The van der Waals surface area contributed by atoms with E-state index in [1.807, 2.05) is 6.92 Å². The summed E-state index contributed by atoms with van der Waals surface area (Å²) in [7, 11) is 0. The molecule has 0 saturated carbocycles. The lowest BCUT2D eigenvalue weighted by Crippen LogP contribution is -2.07. The normalized spacial score (nSPS) is 10.5. The quantitative estimate of drug-likeness (QED) is 0.923. The monoisotopic (exact) mass is 264 g/mol. The molecule has 0 saturated heterocycles. The van der Waals surface area contributed by atoms with Gasteiger partial charge in [-0.2, -0.15) is 0 Å². The van der Waals surface area contributed by atoms with Crippen molar-refractivity contribution >= 4 is 0 Å². The molecule has 0 amide bonds. The van der Waals surface area contributed by atoms with Gasteiger partial charge >= 0.3 is 0 Å². The Balaban J connectivity index is 2.19. The van der Waals surface area contributed by atoms with Gasteiger partial charge in [0.05, 0.1) is 11.3 Å². The molecule has 2 aromatic rings. The first-order valence-electron chi connectivity index (χ1n) is 5.84. The van der Waals surface area contributed by atoms with Crippen LogP contribution in [0.25, 0.3) is 0 Å². The van der Waals surface area contributed by atoms with Gasteiger partial charge in [-0.25, -0.2) is 8.78 Å². The highest BCUT2D eigenvalue weighted by Gasteiger charge is 2.11. The smallest absolute Gasteiger partial charge is 0.142 e. The van der Waals surface area contributed by atoms with Crippen molar-refractivity contribution in [3.63, 3.8) is 0 Å². The third kappa shape index (κ3) is 3.06. The van der Waals surface area contributed by atoms with E-state index in [9.17, 15) is 8.78 Å². The van der Waals surface area contributed by atoms with Crippen molar-refractivity contribution in [1.29, 1.82) is 0 Å². The molecule has 0 unspecified atom stereocenters. The maximum Gasteiger partial charge on any atom is 0.142 e. The number of aryl methyl sites for hydroxylation is 1. The number of hydrogen-bond acceptors (Lipinski definition) is 3. The Bertz CT molecular complexity index is 567. The summed E-state index contributed by atoms with van der Waals surface area (Å²) < 4.78 is 32.3. The number of aromatic nitrogens is 1. The molecule has 19 heavy (non-hydrogen) atoms. The number of halogens is 2. The van der Waals surface area contributed by atoms with Gasteiger partial charge in [-0.1, -0.05) is 6.07 Å². The summed E-state index contributed by atoms with van der Waals surface area (Å²) >= 11 is 0. The molecule has 2 N–H and O–H groups in total. The Labute approximate surface area is 110 Å². The largest absolute Gasteiger partial charge is 0.487 e. The first kappa shape index (κ1) is 13.4. The SMILES string of the molecule is Cc1ccc(OCc2c(F)cccc2F)c(CN)n1. The van der Waals surface area contributed by atoms with E-state index < -0.39 is 11.6 Å². The third-order valence-electron chi connectivity index (χ3n) is 2.70. The highest BCUT2D eigenvalue weighted by Crippen LogP contribution is 2.20. The van der Waals surface area contributed by atoms with Crippen LogP contribution in [0.4, 0.5) is 8.78 Å². The van der Waals surface area contributed by atoms with E-state index in [0.29, 0.717) is 11.4 Å². The van der Waals surface area contributed by atoms with E-state index in [4.69, 9.17) is 10.5 Å². The Morgan fingerprint density at radius 2 is 1.84 bits per heavy atom. The third-order valence-corrected chi connectivity index (χ3v) is 2.70. The predicted molar refractivity (Wildman–Crippen MR) is 67.6 cm³/mol. The molecular weight excluding hydrogens is 250 g/mol. The first-order valence-corrected chi connectivity index (χ1v) is 5.84. The highest BCUT2D eigenvalue weighted by molar-refractivity contribution is 5.30. The molecule has 2 rings (SSSR count). The average molecular weight is 264 g/mol. The van der Waals surface area contributed by atoms with Gasteiger partial charge < -0.3 is 10.5 Å². The van der Waals surface area contributed by atoms with Crippen LogP contribution in [0.3, 0.4) is 0 Å². The summed E-state index contributed by atoms with van der Waals surface area (Å²) in [5, 5.41) is 0. The van der Waals surface area contributed by atoms with Gasteiger partial charge in [-0.05, 0) is 31.2 Å². The molecule has 0 fully saturated rings. The first-order chi connectivity index (χ1) is 9.11. The van der Waals surface area contributed by atoms with Crippen LogP contribution in [0.15, 0.2) is 30.3 Å². The molecule has 0 spiro atoms. The Morgan fingerprint density at radius 1 is 1.16 bits per heavy atom. The molecule has 0 aliphatic carbocycles. The zero-order chi connectivity index (χ0) is 13.8. The van der Waals surface area contributed by atoms with Gasteiger partial charge in [0.1, 0.15) is 24.0 Å². The second-order valence-corrected chi connectivity index (χ2v) is 4.09. The summed E-state index contributed by atoms with van der Waals surface area (Å²) in [6.07, 6.45) is 0. The van der Waals surface area contributed by atoms with Gasteiger partial charge in [0.25, 0.3) is 0 Å². The standard InChI is InChI=1S/C14H14F2N2O/c1-9-5-6-14(13(7-17)18-9)19-8-10-11(15)3-2-4-12(10)16/h2-6H,7-8,17H2,1H3. The lowest BCUT2D eigenvalue weighted by Gasteiger charge is -2.11. The van der Waals surface area contributed by atoms with Crippen molar-refractivity contribution in [3.8, 4) is 5.75 Å². The summed E-state index contributed by atoms with van der Waals surface area (Å²) in [6, 6.07) is 7.15. The molecule has 0 radical (unpaired) electrons. The van der Waals surface area contributed by atoms with E-state index in [1.165, 1.54) is 18.2 Å². The predicted octanol–water partition coefficient (Wildman–Crippen LogP) is 2.71. The molecule has 0 bridgehead atoms. The van der Waals surface area contributed by atoms with Gasteiger partial charge in [0.2, 0.25) is 0 Å². The van der Waals surface area contributed by atoms with Crippen molar-refractivity contribution in [3.05, 3.63) is 58.9 Å². The van der Waals surface area contributed by atoms with Crippen LogP contribution in [0.1, 0.15) is 17.0 Å². The van der Waals surface area contributed by atoms with Gasteiger partial charge in [-0.3, -0.25) is 4.98 Å². The van der Waals surface area contributed by atoms with Crippen molar-refractivity contribution < 1.29 is 13.5 Å². The summed E-state index contributed by atoms with van der Waals surface area (Å²) in [5.74, 6) is -0.820. The van der Waals surface area contributed by atoms with Crippen LogP contribution in [0.5, 0.6) is 5.75 Å². The molecule has 5 heteroatoms. The minimum atomic E-state index is -0.630. The maximum atomic E-state index is 13.4. The molecule has 0 atom stereocenters. The molecule has 1 aromatic heterocycles. The van der Waals surface area contributed by atoms with E-state index >= 15 is 0 Å². The topological polar surface area (TPSA) is 48.1 Å². The number of hydrogen-bond donors (Lipinski definition) is 1. The highest BCUT2D eigenvalue weighted by atomic mass is 19.1. The fourth-order valence-corrected chi connectivity index (χ4v) is 1.70. The minimum absolute atomic E-state index is 0.106. The number of pyridine rings is 1. The molecule has 1 heterocycles. The molecule has 0 aliphatic heterocycles. The number of nitrogens with zero attached hydrogens (tertiary/aromatic N) is 1. The molecular formula is C14H14F2N2O. The lowest BCUT2D eigenvalue weighted by atomic mass is 10.2. The fraction of sp³-hybridized carbons (Fsp3) is 0.214. The number of benzene rings is 1. The van der Waals surface area contributed by atoms with Crippen LogP contribution >= 0.6 is 0 Å². The van der Waals surface area contributed by atoms with Crippen molar-refractivity contribution in [2.75, 3.05) is 0 Å². The molecule has 3 nitrogen and oxygen atoms in total. The van der Waals surface area contributed by atoms with E-state index in [-0.39, 0.29) is 18.7 Å². The summed E-state index contributed by atoms with van der Waals surface area (Å²) in [6.45, 7) is 1.84. The Morgan fingerprint density at radius 3 is 2.47 bits per heavy atom. The van der Waals surface area contributed by atoms with Gasteiger partial charge in [0.15, 0.2) is 0 Å². The Hall–Kier alpha value is -2.01. The molecule has 1 aromatic carbocycles. The number of nitrogens with two attached hydrogens (primary N) is 1. The zero-order valence-electron chi connectivity index (χ0n) is 10.5. The maximum absolute atomic E-state index is 13.4. The van der Waals surface area contributed by atoms with Crippen LogP contribution < -0.4 is 10.5 Å². The van der Waals surface area contributed by atoms with Crippen LogP contribution in [-0.4, -0.2) is 4.98 Å². The van der Waals surface area contributed by atoms with E-state index in [0.717, 1.165) is 5.69 Å². The molecule has 0 aliphatic rings. The summed E-state index contributed by atoms with van der Waals surface area (Å²) in [5.41, 5.74) is 6.83.